The summed E-state index contributed by atoms with van der Waals surface area (Å²) in [6, 6.07) is 16.9. The number of hydrogen-bond donors (Lipinski definition) is 1. The van der Waals surface area contributed by atoms with E-state index in [1.165, 1.54) is 17.3 Å². The Hall–Kier alpha value is -2.86. The first-order chi connectivity index (χ1) is 12.2. The van der Waals surface area contributed by atoms with E-state index in [0.717, 1.165) is 11.4 Å². The summed E-state index contributed by atoms with van der Waals surface area (Å²) in [6.07, 6.45) is 3.31. The minimum Gasteiger partial charge on any atom is -0.457 e. The first kappa shape index (κ1) is 17.0. The molecule has 0 fully saturated rings. The third-order valence-electron chi connectivity index (χ3n) is 3.27. The van der Waals surface area contributed by atoms with Gasteiger partial charge in [0.15, 0.2) is 5.16 Å². The lowest BCUT2D eigenvalue weighted by molar-refractivity contribution is -0.113. The second kappa shape index (κ2) is 8.30. The van der Waals surface area contributed by atoms with E-state index in [4.69, 9.17) is 4.74 Å². The Kier molecular flexibility index (Phi) is 5.64. The summed E-state index contributed by atoms with van der Waals surface area (Å²) >= 11 is 1.29. The molecule has 2 aromatic carbocycles. The molecule has 3 rings (SSSR count). The molecule has 6 heteroatoms. The van der Waals surface area contributed by atoms with E-state index in [0.29, 0.717) is 10.9 Å². The van der Waals surface area contributed by atoms with E-state index in [9.17, 15) is 4.79 Å². The Morgan fingerprint density at radius 1 is 1.00 bits per heavy atom. The molecule has 0 bridgehead atoms. The number of nitrogens with one attached hydrogen (secondary N) is 1. The van der Waals surface area contributed by atoms with Crippen LogP contribution in [0, 0.1) is 6.92 Å². The Balaban J connectivity index is 1.51. The quantitative estimate of drug-likeness (QED) is 0.530. The molecule has 1 amide bonds. The highest BCUT2D eigenvalue weighted by atomic mass is 32.2. The Labute approximate surface area is 150 Å². The van der Waals surface area contributed by atoms with Crippen LogP contribution in [-0.4, -0.2) is 21.6 Å². The van der Waals surface area contributed by atoms with Crippen molar-refractivity contribution in [1.82, 2.24) is 9.97 Å². The van der Waals surface area contributed by atoms with Crippen molar-refractivity contribution in [3.63, 3.8) is 0 Å². The predicted octanol–water partition coefficient (Wildman–Crippen LogP) is 4.31. The number of hydrogen-bond acceptors (Lipinski definition) is 5. The number of aryl methyl sites for hydroxylation is 1. The van der Waals surface area contributed by atoms with Gasteiger partial charge in [-0.1, -0.05) is 29.5 Å². The van der Waals surface area contributed by atoms with E-state index >= 15 is 0 Å². The number of anilines is 1. The van der Waals surface area contributed by atoms with E-state index in [1.54, 1.807) is 18.5 Å². The minimum absolute atomic E-state index is 0.107. The van der Waals surface area contributed by atoms with Crippen molar-refractivity contribution in [1.29, 1.82) is 0 Å². The Morgan fingerprint density at radius 3 is 2.24 bits per heavy atom. The van der Waals surface area contributed by atoms with E-state index in [-0.39, 0.29) is 11.7 Å². The highest BCUT2D eigenvalue weighted by Gasteiger charge is 2.05. The Morgan fingerprint density at radius 2 is 1.60 bits per heavy atom. The average molecular weight is 351 g/mol. The van der Waals surface area contributed by atoms with Crippen LogP contribution < -0.4 is 10.1 Å². The van der Waals surface area contributed by atoms with Gasteiger partial charge in [-0.15, -0.1) is 0 Å². The molecule has 0 atom stereocenters. The molecule has 1 heterocycles. The first-order valence-electron chi connectivity index (χ1n) is 7.73. The van der Waals surface area contributed by atoms with Crippen molar-refractivity contribution in [3.05, 3.63) is 72.6 Å². The highest BCUT2D eigenvalue weighted by molar-refractivity contribution is 7.99. The third kappa shape index (κ3) is 5.32. The van der Waals surface area contributed by atoms with Gasteiger partial charge in [-0.3, -0.25) is 4.79 Å². The van der Waals surface area contributed by atoms with Crippen LogP contribution in [0.15, 0.2) is 72.1 Å². The molecular weight excluding hydrogens is 334 g/mol. The summed E-state index contributed by atoms with van der Waals surface area (Å²) in [7, 11) is 0. The van der Waals surface area contributed by atoms with Gasteiger partial charge in [-0.2, -0.15) is 0 Å². The van der Waals surface area contributed by atoms with E-state index in [2.05, 4.69) is 15.3 Å². The molecule has 1 aromatic heterocycles. The molecule has 126 valence electrons. The maximum atomic E-state index is 12.0. The van der Waals surface area contributed by atoms with Gasteiger partial charge in [0, 0.05) is 18.1 Å². The van der Waals surface area contributed by atoms with Gasteiger partial charge in [-0.05, 0) is 49.4 Å². The number of rotatable bonds is 6. The molecule has 0 saturated heterocycles. The molecule has 0 spiro atoms. The number of carbonyl (C=O) groups is 1. The standard InChI is InChI=1S/C19H17N3O2S/c1-14-3-7-16(8-4-14)24-17-9-5-15(6-10-17)22-18(23)13-25-19-20-11-2-12-21-19/h2-12H,13H2,1H3,(H,22,23). The van der Waals surface area contributed by atoms with Crippen molar-refractivity contribution in [2.45, 2.75) is 12.1 Å². The first-order valence-corrected chi connectivity index (χ1v) is 8.72. The van der Waals surface area contributed by atoms with Crippen LogP contribution in [-0.2, 0) is 4.79 Å². The molecule has 5 nitrogen and oxygen atoms in total. The van der Waals surface area contributed by atoms with Crippen molar-refractivity contribution >= 4 is 23.4 Å². The molecule has 0 aliphatic carbocycles. The maximum absolute atomic E-state index is 12.0. The van der Waals surface area contributed by atoms with Gasteiger partial charge in [0.05, 0.1) is 5.75 Å². The average Bonchev–Trinajstić information content (AvgIpc) is 2.64. The van der Waals surface area contributed by atoms with Crippen LogP contribution in [0.5, 0.6) is 11.5 Å². The van der Waals surface area contributed by atoms with Crippen LogP contribution in [0.1, 0.15) is 5.56 Å². The lowest BCUT2D eigenvalue weighted by atomic mass is 10.2. The van der Waals surface area contributed by atoms with Crippen LogP contribution in [0.4, 0.5) is 5.69 Å². The number of thioether (sulfide) groups is 1. The molecular formula is C19H17N3O2S. The van der Waals surface area contributed by atoms with Gasteiger partial charge in [0.25, 0.3) is 0 Å². The number of benzene rings is 2. The summed E-state index contributed by atoms with van der Waals surface area (Å²) in [4.78, 5) is 20.1. The summed E-state index contributed by atoms with van der Waals surface area (Å²) < 4.78 is 5.77. The van der Waals surface area contributed by atoms with E-state index < -0.39 is 0 Å². The number of carbonyl (C=O) groups excluding carboxylic acids is 1. The molecule has 1 N–H and O–H groups in total. The molecule has 0 radical (unpaired) electrons. The smallest absolute Gasteiger partial charge is 0.234 e. The van der Waals surface area contributed by atoms with Crippen LogP contribution >= 0.6 is 11.8 Å². The zero-order valence-corrected chi connectivity index (χ0v) is 14.5. The van der Waals surface area contributed by atoms with Crippen LogP contribution in [0.25, 0.3) is 0 Å². The lowest BCUT2D eigenvalue weighted by Crippen LogP contribution is -2.14. The molecule has 0 aliphatic heterocycles. The van der Waals surface area contributed by atoms with Gasteiger partial charge in [0.1, 0.15) is 11.5 Å². The number of ether oxygens (including phenoxy) is 1. The monoisotopic (exact) mass is 351 g/mol. The zero-order valence-electron chi connectivity index (χ0n) is 13.7. The van der Waals surface area contributed by atoms with Gasteiger partial charge in [0.2, 0.25) is 5.91 Å². The van der Waals surface area contributed by atoms with Crippen molar-refractivity contribution < 1.29 is 9.53 Å². The van der Waals surface area contributed by atoms with Crippen molar-refractivity contribution in [3.8, 4) is 11.5 Å². The number of aromatic nitrogens is 2. The SMILES string of the molecule is Cc1ccc(Oc2ccc(NC(=O)CSc3ncccn3)cc2)cc1. The third-order valence-corrected chi connectivity index (χ3v) is 4.14. The fourth-order valence-corrected chi connectivity index (χ4v) is 2.64. The molecule has 0 unspecified atom stereocenters. The van der Waals surface area contributed by atoms with Crippen LogP contribution in [0.2, 0.25) is 0 Å². The molecule has 0 aliphatic rings. The lowest BCUT2D eigenvalue weighted by Gasteiger charge is -2.08. The van der Waals surface area contributed by atoms with Crippen LogP contribution in [0.3, 0.4) is 0 Å². The summed E-state index contributed by atoms with van der Waals surface area (Å²) in [5.41, 5.74) is 1.90. The summed E-state index contributed by atoms with van der Waals surface area (Å²) in [5, 5.41) is 3.42. The molecule has 0 saturated carbocycles. The largest absolute Gasteiger partial charge is 0.457 e. The summed E-state index contributed by atoms with van der Waals surface area (Å²) in [6.45, 7) is 2.03. The van der Waals surface area contributed by atoms with E-state index in [1.807, 2.05) is 55.5 Å². The van der Waals surface area contributed by atoms with Gasteiger partial charge >= 0.3 is 0 Å². The normalized spacial score (nSPS) is 10.3. The topological polar surface area (TPSA) is 64.1 Å². The Bertz CT molecular complexity index is 822. The number of amides is 1. The second-order valence-electron chi connectivity index (χ2n) is 5.31. The summed E-state index contributed by atoms with van der Waals surface area (Å²) in [5.74, 6) is 1.64. The fourth-order valence-electron chi connectivity index (χ4n) is 2.04. The molecule has 3 aromatic rings. The van der Waals surface area contributed by atoms with Crippen molar-refractivity contribution in [2.75, 3.05) is 11.1 Å². The van der Waals surface area contributed by atoms with Gasteiger partial charge < -0.3 is 10.1 Å². The van der Waals surface area contributed by atoms with Crippen molar-refractivity contribution in [2.24, 2.45) is 0 Å². The predicted molar refractivity (Wildman–Crippen MR) is 99.1 cm³/mol. The highest BCUT2D eigenvalue weighted by Crippen LogP contribution is 2.23. The fraction of sp³-hybridized carbons (Fsp3) is 0.105. The molecule has 25 heavy (non-hydrogen) atoms. The maximum Gasteiger partial charge on any atom is 0.234 e. The number of nitrogens with zero attached hydrogens (tertiary/aromatic N) is 2. The minimum atomic E-state index is -0.107. The second-order valence-corrected chi connectivity index (χ2v) is 6.25. The zero-order chi connectivity index (χ0) is 17.5. The van der Waals surface area contributed by atoms with Gasteiger partial charge in [-0.25, -0.2) is 9.97 Å².